The number of aromatic nitrogens is 2. The molecule has 3 rings (SSSR count). The smallest absolute Gasteiger partial charge is 0.317 e. The number of likely N-dealkylation sites (tertiary alicyclic amines) is 1. The summed E-state index contributed by atoms with van der Waals surface area (Å²) in [5.74, 6) is 1.60. The van der Waals surface area contributed by atoms with E-state index in [2.05, 4.69) is 33.2 Å². The highest BCUT2D eigenvalue weighted by molar-refractivity contribution is 5.75. The number of piperidine rings is 1. The number of hydrogen-bond acceptors (Lipinski definition) is 2. The van der Waals surface area contributed by atoms with Gasteiger partial charge in [0.25, 0.3) is 0 Å². The van der Waals surface area contributed by atoms with Gasteiger partial charge in [-0.15, -0.1) is 0 Å². The van der Waals surface area contributed by atoms with E-state index in [9.17, 15) is 4.79 Å². The molecule has 1 aromatic carbocycles. The Labute approximate surface area is 150 Å². The van der Waals surface area contributed by atoms with Crippen LogP contribution in [0.25, 0.3) is 11.4 Å². The summed E-state index contributed by atoms with van der Waals surface area (Å²) in [4.78, 5) is 18.7. The van der Waals surface area contributed by atoms with Gasteiger partial charge in [-0.05, 0) is 39.5 Å². The Bertz CT molecular complexity index is 694. The summed E-state index contributed by atoms with van der Waals surface area (Å²) in [6.45, 7) is 8.65. The van der Waals surface area contributed by atoms with Gasteiger partial charge in [-0.25, -0.2) is 9.78 Å². The Morgan fingerprint density at radius 3 is 2.52 bits per heavy atom. The van der Waals surface area contributed by atoms with E-state index in [0.717, 1.165) is 43.9 Å². The number of rotatable bonds is 3. The molecule has 5 heteroatoms. The number of urea groups is 1. The minimum absolute atomic E-state index is 0.0542. The zero-order chi connectivity index (χ0) is 17.9. The molecule has 0 saturated carbocycles. The van der Waals surface area contributed by atoms with Crippen LogP contribution in [0.2, 0.25) is 0 Å². The molecular weight excluding hydrogens is 312 g/mol. The molecule has 1 aliphatic rings. The molecule has 0 spiro atoms. The van der Waals surface area contributed by atoms with Gasteiger partial charge in [-0.2, -0.15) is 0 Å². The Balaban J connectivity index is 1.57. The maximum absolute atomic E-state index is 12.3. The number of carbonyl (C=O) groups excluding carboxylic acids is 1. The third kappa shape index (κ3) is 4.62. The van der Waals surface area contributed by atoms with Gasteiger partial charge in [-0.1, -0.05) is 30.3 Å². The number of carbonyl (C=O) groups is 1. The second kappa shape index (κ2) is 7.30. The normalized spacial score (nSPS) is 16.0. The number of benzene rings is 1. The van der Waals surface area contributed by atoms with Gasteiger partial charge in [0.15, 0.2) is 0 Å². The quantitative estimate of drug-likeness (QED) is 0.924. The maximum Gasteiger partial charge on any atom is 0.317 e. The van der Waals surface area contributed by atoms with Crippen LogP contribution in [0.3, 0.4) is 0 Å². The van der Waals surface area contributed by atoms with Crippen LogP contribution in [-0.4, -0.2) is 39.1 Å². The lowest BCUT2D eigenvalue weighted by molar-refractivity contribution is 0.159. The molecule has 1 fully saturated rings. The molecule has 1 aliphatic heterocycles. The summed E-state index contributed by atoms with van der Waals surface area (Å²) >= 11 is 0. The summed E-state index contributed by atoms with van der Waals surface area (Å²) < 4.78 is 2.24. The summed E-state index contributed by atoms with van der Waals surface area (Å²) in [5, 5.41) is 3.05. The van der Waals surface area contributed by atoms with Gasteiger partial charge >= 0.3 is 6.03 Å². The van der Waals surface area contributed by atoms with Crippen LogP contribution in [-0.2, 0) is 6.54 Å². The van der Waals surface area contributed by atoms with Crippen molar-refractivity contribution >= 4 is 6.03 Å². The zero-order valence-electron chi connectivity index (χ0n) is 15.4. The summed E-state index contributed by atoms with van der Waals surface area (Å²) in [7, 11) is 0. The number of amides is 2. The van der Waals surface area contributed by atoms with E-state index in [1.54, 1.807) is 0 Å². The molecule has 0 bridgehead atoms. The van der Waals surface area contributed by atoms with Crippen molar-refractivity contribution in [2.45, 2.75) is 45.7 Å². The highest BCUT2D eigenvalue weighted by atomic mass is 16.2. The Hall–Kier alpha value is -2.30. The van der Waals surface area contributed by atoms with Crippen molar-refractivity contribution in [3.05, 3.63) is 42.7 Å². The van der Waals surface area contributed by atoms with Crippen molar-refractivity contribution in [1.82, 2.24) is 19.8 Å². The van der Waals surface area contributed by atoms with Crippen molar-refractivity contribution in [3.63, 3.8) is 0 Å². The molecule has 0 aliphatic carbocycles. The van der Waals surface area contributed by atoms with Gasteiger partial charge in [0.1, 0.15) is 5.82 Å². The summed E-state index contributed by atoms with van der Waals surface area (Å²) in [6.07, 6.45) is 5.99. The molecular formula is C20H28N4O. The molecule has 2 heterocycles. The number of imidazole rings is 1. The van der Waals surface area contributed by atoms with Crippen LogP contribution >= 0.6 is 0 Å². The van der Waals surface area contributed by atoms with E-state index < -0.39 is 0 Å². The Kier molecular flexibility index (Phi) is 5.11. The monoisotopic (exact) mass is 340 g/mol. The summed E-state index contributed by atoms with van der Waals surface area (Å²) in [5.41, 5.74) is 0.962. The Morgan fingerprint density at radius 2 is 1.88 bits per heavy atom. The van der Waals surface area contributed by atoms with Gasteiger partial charge in [-0.3, -0.25) is 0 Å². The van der Waals surface area contributed by atoms with E-state index in [0.29, 0.717) is 5.92 Å². The molecule has 1 N–H and O–H groups in total. The average molecular weight is 340 g/mol. The molecule has 0 radical (unpaired) electrons. The SMILES string of the molecule is CC(C)(C)NC(=O)N1CCC(Cn2ccnc2-c2ccccc2)CC1. The third-order valence-corrected chi connectivity index (χ3v) is 4.59. The van der Waals surface area contributed by atoms with Crippen LogP contribution in [0.4, 0.5) is 4.79 Å². The van der Waals surface area contributed by atoms with Crippen LogP contribution in [0.1, 0.15) is 33.6 Å². The molecule has 2 amide bonds. The molecule has 2 aromatic rings. The van der Waals surface area contributed by atoms with Crippen molar-refractivity contribution in [2.24, 2.45) is 5.92 Å². The average Bonchev–Trinajstić information content (AvgIpc) is 3.03. The minimum atomic E-state index is -0.185. The zero-order valence-corrected chi connectivity index (χ0v) is 15.4. The molecule has 5 nitrogen and oxygen atoms in total. The fourth-order valence-electron chi connectivity index (χ4n) is 3.30. The van der Waals surface area contributed by atoms with Gasteiger partial charge in [0, 0.05) is 43.1 Å². The summed E-state index contributed by atoms with van der Waals surface area (Å²) in [6, 6.07) is 10.4. The van der Waals surface area contributed by atoms with Gasteiger partial charge < -0.3 is 14.8 Å². The first kappa shape index (κ1) is 17.5. The predicted octanol–water partition coefficient (Wildman–Crippen LogP) is 3.77. The first-order valence-electron chi connectivity index (χ1n) is 9.06. The standard InChI is InChI=1S/C20H28N4O/c1-20(2,3)22-19(25)23-12-9-16(10-13-23)15-24-14-11-21-18(24)17-7-5-4-6-8-17/h4-8,11,14,16H,9-10,12-13,15H2,1-3H3,(H,22,25). The number of hydrogen-bond donors (Lipinski definition) is 1. The second-order valence-electron chi connectivity index (χ2n) is 7.88. The minimum Gasteiger partial charge on any atom is -0.333 e. The van der Waals surface area contributed by atoms with Gasteiger partial charge in [0.2, 0.25) is 0 Å². The number of nitrogens with one attached hydrogen (secondary N) is 1. The maximum atomic E-state index is 12.3. The van der Waals surface area contributed by atoms with E-state index in [-0.39, 0.29) is 11.6 Å². The lowest BCUT2D eigenvalue weighted by Gasteiger charge is -2.34. The van der Waals surface area contributed by atoms with Crippen molar-refractivity contribution in [3.8, 4) is 11.4 Å². The largest absolute Gasteiger partial charge is 0.333 e. The molecule has 0 unspecified atom stereocenters. The van der Waals surface area contributed by atoms with Crippen molar-refractivity contribution in [1.29, 1.82) is 0 Å². The lowest BCUT2D eigenvalue weighted by Crippen LogP contribution is -2.50. The van der Waals surface area contributed by atoms with E-state index in [4.69, 9.17) is 0 Å². The first-order valence-corrected chi connectivity index (χ1v) is 9.06. The number of nitrogens with zero attached hydrogens (tertiary/aromatic N) is 3. The van der Waals surface area contributed by atoms with E-state index >= 15 is 0 Å². The highest BCUT2D eigenvalue weighted by Gasteiger charge is 2.25. The van der Waals surface area contributed by atoms with Crippen LogP contribution in [0, 0.1) is 5.92 Å². The third-order valence-electron chi connectivity index (χ3n) is 4.59. The van der Waals surface area contributed by atoms with Crippen LogP contribution in [0.15, 0.2) is 42.7 Å². The van der Waals surface area contributed by atoms with E-state index in [1.807, 2.05) is 50.1 Å². The van der Waals surface area contributed by atoms with Crippen LogP contribution < -0.4 is 5.32 Å². The topological polar surface area (TPSA) is 50.2 Å². The molecule has 0 atom stereocenters. The first-order chi connectivity index (χ1) is 11.9. The lowest BCUT2D eigenvalue weighted by atomic mass is 9.96. The van der Waals surface area contributed by atoms with E-state index in [1.165, 1.54) is 0 Å². The predicted molar refractivity (Wildman–Crippen MR) is 100 cm³/mol. The molecule has 1 aromatic heterocycles. The Morgan fingerprint density at radius 1 is 1.20 bits per heavy atom. The van der Waals surface area contributed by atoms with Crippen LogP contribution in [0.5, 0.6) is 0 Å². The fourth-order valence-corrected chi connectivity index (χ4v) is 3.30. The van der Waals surface area contributed by atoms with Gasteiger partial charge in [0.05, 0.1) is 0 Å². The molecule has 134 valence electrons. The van der Waals surface area contributed by atoms with Crippen molar-refractivity contribution in [2.75, 3.05) is 13.1 Å². The second-order valence-corrected chi connectivity index (χ2v) is 7.88. The fraction of sp³-hybridized carbons (Fsp3) is 0.500. The highest BCUT2D eigenvalue weighted by Crippen LogP contribution is 2.23. The molecule has 1 saturated heterocycles. The van der Waals surface area contributed by atoms with Crippen molar-refractivity contribution < 1.29 is 4.79 Å². The molecule has 25 heavy (non-hydrogen) atoms.